The van der Waals surface area contributed by atoms with Crippen molar-refractivity contribution < 1.29 is 9.47 Å². The Balaban J connectivity index is 2.33. The molecule has 2 heteroatoms. The van der Waals surface area contributed by atoms with Gasteiger partial charge in [0.1, 0.15) is 11.5 Å². The van der Waals surface area contributed by atoms with Crippen molar-refractivity contribution in [2.75, 3.05) is 13.7 Å². The molecule has 2 nitrogen and oxygen atoms in total. The summed E-state index contributed by atoms with van der Waals surface area (Å²) in [5.74, 6) is 1.73. The van der Waals surface area contributed by atoms with E-state index >= 15 is 0 Å². The average Bonchev–Trinajstić information content (AvgIpc) is 2.54. The Morgan fingerprint density at radius 2 is 1.48 bits per heavy atom. The zero-order valence-electron chi connectivity index (χ0n) is 12.5. The van der Waals surface area contributed by atoms with Crippen molar-refractivity contribution in [2.24, 2.45) is 0 Å². The van der Waals surface area contributed by atoms with Gasteiger partial charge >= 0.3 is 0 Å². The van der Waals surface area contributed by atoms with Crippen LogP contribution in [0.1, 0.15) is 18.1 Å². The van der Waals surface area contributed by atoms with E-state index in [1.165, 1.54) is 0 Å². The maximum atomic E-state index is 5.48. The lowest BCUT2D eigenvalue weighted by Gasteiger charge is -2.10. The van der Waals surface area contributed by atoms with Crippen molar-refractivity contribution in [2.45, 2.75) is 6.92 Å². The van der Waals surface area contributed by atoms with E-state index in [-0.39, 0.29) is 0 Å². The molecule has 2 rings (SSSR count). The van der Waals surface area contributed by atoms with Crippen LogP contribution in [0, 0.1) is 0 Å². The molecule has 0 heterocycles. The van der Waals surface area contributed by atoms with Gasteiger partial charge in [0.2, 0.25) is 0 Å². The standard InChI is InChI=1S/C19H20O2/c1-4-6-19(15-7-11-17(20-3)12-8-15)16-9-13-18(14-10-16)21-5-2/h4,6-14H,1,5H2,2-3H3/b19-6-. The molecule has 0 N–H and O–H groups in total. The van der Waals surface area contributed by atoms with Crippen LogP contribution in [0.2, 0.25) is 0 Å². The summed E-state index contributed by atoms with van der Waals surface area (Å²) in [6.07, 6.45) is 3.81. The van der Waals surface area contributed by atoms with Crippen LogP contribution >= 0.6 is 0 Å². The third-order valence-corrected chi connectivity index (χ3v) is 3.16. The van der Waals surface area contributed by atoms with Gasteiger partial charge in [-0.2, -0.15) is 0 Å². The molecule has 0 fully saturated rings. The first-order valence-corrected chi connectivity index (χ1v) is 6.99. The van der Waals surface area contributed by atoms with Gasteiger partial charge in [0.15, 0.2) is 0 Å². The zero-order chi connectivity index (χ0) is 15.1. The third-order valence-electron chi connectivity index (χ3n) is 3.16. The van der Waals surface area contributed by atoms with Crippen LogP contribution in [0.15, 0.2) is 67.3 Å². The van der Waals surface area contributed by atoms with Gasteiger partial charge in [0.05, 0.1) is 13.7 Å². The Labute approximate surface area is 126 Å². The second-order valence-electron chi connectivity index (χ2n) is 4.50. The molecular weight excluding hydrogens is 260 g/mol. The predicted molar refractivity (Wildman–Crippen MR) is 87.9 cm³/mol. The van der Waals surface area contributed by atoms with E-state index in [4.69, 9.17) is 9.47 Å². The number of hydrogen-bond donors (Lipinski definition) is 0. The highest BCUT2D eigenvalue weighted by atomic mass is 16.5. The molecule has 0 aliphatic heterocycles. The van der Waals surface area contributed by atoms with E-state index in [2.05, 4.69) is 18.7 Å². The third kappa shape index (κ3) is 3.76. The molecule has 0 aliphatic carbocycles. The first kappa shape index (κ1) is 14.9. The van der Waals surface area contributed by atoms with E-state index in [0.29, 0.717) is 6.61 Å². The molecule has 108 valence electrons. The van der Waals surface area contributed by atoms with Crippen LogP contribution in [0.4, 0.5) is 0 Å². The van der Waals surface area contributed by atoms with Crippen molar-refractivity contribution in [3.63, 3.8) is 0 Å². The maximum Gasteiger partial charge on any atom is 0.119 e. The largest absolute Gasteiger partial charge is 0.497 e. The molecule has 2 aromatic carbocycles. The first-order valence-electron chi connectivity index (χ1n) is 6.99. The minimum atomic E-state index is 0.674. The molecule has 0 radical (unpaired) electrons. The van der Waals surface area contributed by atoms with Crippen molar-refractivity contribution in [1.82, 2.24) is 0 Å². The van der Waals surface area contributed by atoms with Gasteiger partial charge in [-0.1, -0.05) is 43.0 Å². The molecule has 2 aromatic rings. The maximum absolute atomic E-state index is 5.48. The number of ether oxygens (including phenoxy) is 2. The molecule has 21 heavy (non-hydrogen) atoms. The summed E-state index contributed by atoms with van der Waals surface area (Å²) in [5, 5.41) is 0. The van der Waals surface area contributed by atoms with Crippen LogP contribution in [0.5, 0.6) is 11.5 Å². The summed E-state index contributed by atoms with van der Waals surface area (Å²) >= 11 is 0. The van der Waals surface area contributed by atoms with E-state index in [0.717, 1.165) is 28.2 Å². The fourth-order valence-corrected chi connectivity index (χ4v) is 2.14. The molecule has 0 unspecified atom stereocenters. The number of rotatable bonds is 6. The second-order valence-corrected chi connectivity index (χ2v) is 4.50. The van der Waals surface area contributed by atoms with Crippen molar-refractivity contribution in [3.05, 3.63) is 78.4 Å². The van der Waals surface area contributed by atoms with E-state index in [1.807, 2.05) is 49.4 Å². The average molecular weight is 280 g/mol. The van der Waals surface area contributed by atoms with Gasteiger partial charge in [0, 0.05) is 0 Å². The van der Waals surface area contributed by atoms with Crippen LogP contribution in [-0.4, -0.2) is 13.7 Å². The summed E-state index contributed by atoms with van der Waals surface area (Å²) in [7, 11) is 1.67. The van der Waals surface area contributed by atoms with E-state index in [9.17, 15) is 0 Å². The Kier molecular flexibility index (Phi) is 5.22. The Morgan fingerprint density at radius 3 is 1.90 bits per heavy atom. The molecule has 0 amide bonds. The molecule has 0 atom stereocenters. The quantitative estimate of drug-likeness (QED) is 0.713. The molecular formula is C19H20O2. The molecule has 0 saturated heterocycles. The van der Waals surface area contributed by atoms with Crippen molar-refractivity contribution >= 4 is 5.57 Å². The molecule has 0 aromatic heterocycles. The van der Waals surface area contributed by atoms with Crippen LogP contribution < -0.4 is 9.47 Å². The summed E-state index contributed by atoms with van der Waals surface area (Å²) in [6, 6.07) is 16.1. The highest BCUT2D eigenvalue weighted by Crippen LogP contribution is 2.27. The summed E-state index contributed by atoms with van der Waals surface area (Å²) in [6.45, 7) is 6.46. The van der Waals surface area contributed by atoms with Crippen LogP contribution in [0.3, 0.4) is 0 Å². The topological polar surface area (TPSA) is 18.5 Å². The smallest absolute Gasteiger partial charge is 0.119 e. The van der Waals surface area contributed by atoms with E-state index in [1.54, 1.807) is 13.2 Å². The number of allylic oxidation sites excluding steroid dienone is 2. The first-order chi connectivity index (χ1) is 10.3. The van der Waals surface area contributed by atoms with E-state index < -0.39 is 0 Å². The van der Waals surface area contributed by atoms with Gasteiger partial charge in [-0.15, -0.1) is 0 Å². The monoisotopic (exact) mass is 280 g/mol. The van der Waals surface area contributed by atoms with Crippen molar-refractivity contribution in [1.29, 1.82) is 0 Å². The lowest BCUT2D eigenvalue weighted by Crippen LogP contribution is -1.92. The lowest BCUT2D eigenvalue weighted by molar-refractivity contribution is 0.340. The highest BCUT2D eigenvalue weighted by molar-refractivity contribution is 5.81. The van der Waals surface area contributed by atoms with Gasteiger partial charge < -0.3 is 9.47 Å². The molecule has 0 saturated carbocycles. The fraction of sp³-hybridized carbons (Fsp3) is 0.158. The SMILES string of the molecule is C=C/C=C(/c1ccc(OC)cc1)c1ccc(OCC)cc1. The zero-order valence-corrected chi connectivity index (χ0v) is 12.5. The highest BCUT2D eigenvalue weighted by Gasteiger charge is 2.05. The Bertz CT molecular complexity index is 607. The van der Waals surface area contributed by atoms with Crippen molar-refractivity contribution in [3.8, 4) is 11.5 Å². The second kappa shape index (κ2) is 7.34. The summed E-state index contributed by atoms with van der Waals surface area (Å²) < 4.78 is 10.7. The van der Waals surface area contributed by atoms with Crippen LogP contribution in [0.25, 0.3) is 5.57 Å². The van der Waals surface area contributed by atoms with Gasteiger partial charge in [-0.3, -0.25) is 0 Å². The molecule has 0 aliphatic rings. The molecule has 0 bridgehead atoms. The normalized spacial score (nSPS) is 11.0. The van der Waals surface area contributed by atoms with Crippen LogP contribution in [-0.2, 0) is 0 Å². The number of benzene rings is 2. The minimum Gasteiger partial charge on any atom is -0.497 e. The Morgan fingerprint density at radius 1 is 0.952 bits per heavy atom. The summed E-state index contributed by atoms with van der Waals surface area (Å²) in [5.41, 5.74) is 3.37. The van der Waals surface area contributed by atoms with Gasteiger partial charge in [0.25, 0.3) is 0 Å². The summed E-state index contributed by atoms with van der Waals surface area (Å²) in [4.78, 5) is 0. The minimum absolute atomic E-state index is 0.674. The number of hydrogen-bond acceptors (Lipinski definition) is 2. The lowest BCUT2D eigenvalue weighted by atomic mass is 9.97. The number of methoxy groups -OCH3 is 1. The molecule has 0 spiro atoms. The predicted octanol–water partition coefficient (Wildman–Crippen LogP) is 4.71. The fourth-order valence-electron chi connectivity index (χ4n) is 2.14. The van der Waals surface area contributed by atoms with Gasteiger partial charge in [-0.05, 0) is 47.9 Å². The Hall–Kier alpha value is -2.48. The van der Waals surface area contributed by atoms with Gasteiger partial charge in [-0.25, -0.2) is 0 Å².